The van der Waals surface area contributed by atoms with Crippen molar-refractivity contribution in [2.24, 2.45) is 10.2 Å². The smallest absolute Gasteiger partial charge is 0.294 e. The molecule has 0 atom stereocenters. The Labute approximate surface area is 222 Å². The fourth-order valence-electron chi connectivity index (χ4n) is 3.41. The van der Waals surface area contributed by atoms with Crippen LogP contribution in [-0.2, 0) is 0 Å². The number of nitrogens with zero attached hydrogens (tertiary/aromatic N) is 4. The summed E-state index contributed by atoms with van der Waals surface area (Å²) in [6.45, 7) is 0. The second-order valence-corrected chi connectivity index (χ2v) is 7.92. The number of aromatic nitrogens is 2. The quantitative estimate of drug-likeness (QED) is 0.191. The molecule has 12 heteroatoms. The Balaban J connectivity index is 1.62. The summed E-state index contributed by atoms with van der Waals surface area (Å²) in [5, 5.41) is 31.8. The van der Waals surface area contributed by atoms with Crippen LogP contribution in [0.1, 0.15) is 21.6 Å². The van der Waals surface area contributed by atoms with E-state index in [0.29, 0.717) is 16.8 Å². The molecule has 0 saturated heterocycles. The van der Waals surface area contributed by atoms with Crippen LogP contribution in [0, 0.1) is 0 Å². The van der Waals surface area contributed by atoms with E-state index < -0.39 is 11.5 Å². The molecule has 0 radical (unpaired) electrons. The molecule has 1 aromatic heterocycles. The molecule has 1 heterocycles. The zero-order chi connectivity index (χ0) is 27.8. The fourth-order valence-corrected chi connectivity index (χ4v) is 3.41. The fraction of sp³-hybridized carbons (Fsp3) is 0.0741. The highest BCUT2D eigenvalue weighted by Crippen LogP contribution is 2.26. The lowest BCUT2D eigenvalue weighted by Crippen LogP contribution is -2.28. The number of carbonyl (C=O) groups excluding carboxylic acids is 1. The number of hydrazone groups is 2. The molecular weight excluding hydrogens is 504 g/mol. The number of phenolic OH excluding ortho intramolecular Hbond substituents is 2. The van der Waals surface area contributed by atoms with Crippen molar-refractivity contribution in [1.29, 1.82) is 0 Å². The molecule has 4 aromatic rings. The number of phenols is 2. The van der Waals surface area contributed by atoms with E-state index in [1.807, 2.05) is 0 Å². The molecule has 198 valence electrons. The predicted molar refractivity (Wildman–Crippen MR) is 145 cm³/mol. The number of para-hydroxylation sites is 1. The molecular formula is C27H24N6O6. The summed E-state index contributed by atoms with van der Waals surface area (Å²) in [6.07, 6.45) is 2.78. The Hall–Kier alpha value is -5.65. The average Bonchev–Trinajstić information content (AvgIpc) is 2.95. The molecule has 0 fully saturated rings. The number of rotatable bonds is 9. The lowest BCUT2D eigenvalue weighted by Gasteiger charge is -2.11. The molecule has 0 aliphatic rings. The van der Waals surface area contributed by atoms with Gasteiger partial charge in [-0.05, 0) is 59.7 Å². The largest absolute Gasteiger partial charge is 0.504 e. The van der Waals surface area contributed by atoms with E-state index in [4.69, 9.17) is 9.47 Å². The highest BCUT2D eigenvalue weighted by atomic mass is 16.5. The first-order valence-electron chi connectivity index (χ1n) is 11.5. The molecule has 4 N–H and O–H groups in total. The summed E-state index contributed by atoms with van der Waals surface area (Å²) < 4.78 is 11.2. The van der Waals surface area contributed by atoms with Gasteiger partial charge in [0.15, 0.2) is 28.7 Å². The van der Waals surface area contributed by atoms with Gasteiger partial charge < -0.3 is 19.7 Å². The van der Waals surface area contributed by atoms with Crippen LogP contribution in [0.5, 0.6) is 23.0 Å². The van der Waals surface area contributed by atoms with Gasteiger partial charge in [0.2, 0.25) is 0 Å². The van der Waals surface area contributed by atoms with Gasteiger partial charge in [0.25, 0.3) is 11.5 Å². The first-order valence-corrected chi connectivity index (χ1v) is 11.5. The van der Waals surface area contributed by atoms with Gasteiger partial charge in [0.1, 0.15) is 0 Å². The number of methoxy groups -OCH3 is 2. The maximum Gasteiger partial charge on any atom is 0.294 e. The van der Waals surface area contributed by atoms with Gasteiger partial charge in [0.05, 0.1) is 38.0 Å². The number of amides is 1. The first-order chi connectivity index (χ1) is 18.9. The van der Waals surface area contributed by atoms with E-state index in [1.54, 1.807) is 54.6 Å². The van der Waals surface area contributed by atoms with E-state index >= 15 is 0 Å². The van der Waals surface area contributed by atoms with Crippen molar-refractivity contribution in [3.05, 3.63) is 100.0 Å². The van der Waals surface area contributed by atoms with Crippen molar-refractivity contribution >= 4 is 24.0 Å². The van der Waals surface area contributed by atoms with Crippen LogP contribution in [0.15, 0.2) is 87.8 Å². The summed E-state index contributed by atoms with van der Waals surface area (Å²) >= 11 is 0. The Morgan fingerprint density at radius 2 is 1.46 bits per heavy atom. The van der Waals surface area contributed by atoms with Gasteiger partial charge in [-0.2, -0.15) is 20.0 Å². The highest BCUT2D eigenvalue weighted by molar-refractivity contribution is 5.98. The van der Waals surface area contributed by atoms with Gasteiger partial charge in [-0.25, -0.2) is 5.43 Å². The summed E-state index contributed by atoms with van der Waals surface area (Å²) in [5.74, 6) is -0.270. The third-order valence-electron chi connectivity index (χ3n) is 5.33. The van der Waals surface area contributed by atoms with E-state index in [-0.39, 0.29) is 34.4 Å². The van der Waals surface area contributed by atoms with Crippen molar-refractivity contribution in [3.8, 4) is 28.7 Å². The number of hydrogen-bond acceptors (Lipinski definition) is 10. The molecule has 0 unspecified atom stereocenters. The number of ether oxygens (including phenoxy) is 2. The van der Waals surface area contributed by atoms with E-state index in [2.05, 4.69) is 26.2 Å². The van der Waals surface area contributed by atoms with Crippen LogP contribution in [-0.4, -0.2) is 52.5 Å². The molecule has 1 amide bonds. The van der Waals surface area contributed by atoms with Crippen molar-refractivity contribution in [1.82, 2.24) is 15.2 Å². The van der Waals surface area contributed by atoms with Gasteiger partial charge in [-0.1, -0.05) is 18.2 Å². The molecule has 12 nitrogen and oxygen atoms in total. The maximum atomic E-state index is 13.1. The minimum atomic E-state index is -0.717. The third kappa shape index (κ3) is 6.38. The summed E-state index contributed by atoms with van der Waals surface area (Å²) in [4.78, 5) is 25.9. The standard InChI is InChI=1S/C27H24N6O6/c1-38-23-12-17(8-10-21(23)34)15-28-30-20-14-25(36)33(19-6-4-3-5-7-19)32-26(20)27(37)31-29-16-18-9-11-22(35)24(13-18)39-2/h3-16,30,34-35H,1-2H3,(H,31,37)/b28-15-,29-16+. The Morgan fingerprint density at radius 3 is 2.05 bits per heavy atom. The zero-order valence-corrected chi connectivity index (χ0v) is 20.9. The van der Waals surface area contributed by atoms with Crippen LogP contribution >= 0.6 is 0 Å². The molecule has 4 rings (SSSR count). The topological polar surface area (TPSA) is 160 Å². The van der Waals surface area contributed by atoms with Crippen molar-refractivity contribution < 1.29 is 24.5 Å². The lowest BCUT2D eigenvalue weighted by molar-refractivity contribution is 0.0949. The molecule has 0 bridgehead atoms. The molecule has 0 aliphatic heterocycles. The molecule has 0 aliphatic carbocycles. The molecule has 0 spiro atoms. The van der Waals surface area contributed by atoms with Gasteiger partial charge in [-0.15, -0.1) is 0 Å². The van der Waals surface area contributed by atoms with E-state index in [0.717, 1.165) is 4.68 Å². The van der Waals surface area contributed by atoms with Crippen LogP contribution in [0.25, 0.3) is 5.69 Å². The minimum Gasteiger partial charge on any atom is -0.504 e. The van der Waals surface area contributed by atoms with Gasteiger partial charge >= 0.3 is 0 Å². The Kier molecular flexibility index (Phi) is 8.17. The number of hydrogen-bond donors (Lipinski definition) is 4. The van der Waals surface area contributed by atoms with Crippen LogP contribution in [0.2, 0.25) is 0 Å². The Bertz CT molecular complexity index is 1600. The maximum absolute atomic E-state index is 13.1. The summed E-state index contributed by atoms with van der Waals surface area (Å²) in [7, 11) is 2.84. The number of aromatic hydroxyl groups is 2. The van der Waals surface area contributed by atoms with Crippen LogP contribution in [0.4, 0.5) is 5.69 Å². The predicted octanol–water partition coefficient (Wildman–Crippen LogP) is 2.87. The number of nitrogens with one attached hydrogen (secondary N) is 2. The highest BCUT2D eigenvalue weighted by Gasteiger charge is 2.17. The summed E-state index contributed by atoms with van der Waals surface area (Å²) in [6, 6.07) is 19.0. The second kappa shape index (κ2) is 12.1. The minimum absolute atomic E-state index is 0.0263. The molecule has 0 saturated carbocycles. The zero-order valence-electron chi connectivity index (χ0n) is 20.9. The summed E-state index contributed by atoms with van der Waals surface area (Å²) in [5.41, 5.74) is 6.04. The average molecular weight is 529 g/mol. The lowest BCUT2D eigenvalue weighted by atomic mass is 10.2. The second-order valence-electron chi connectivity index (χ2n) is 7.92. The molecule has 39 heavy (non-hydrogen) atoms. The van der Waals surface area contributed by atoms with E-state index in [9.17, 15) is 19.8 Å². The third-order valence-corrected chi connectivity index (χ3v) is 5.33. The van der Waals surface area contributed by atoms with Crippen LogP contribution in [0.3, 0.4) is 0 Å². The van der Waals surface area contributed by atoms with Crippen LogP contribution < -0.4 is 25.9 Å². The Morgan fingerprint density at radius 1 is 0.872 bits per heavy atom. The number of carbonyl (C=O) groups is 1. The van der Waals surface area contributed by atoms with Crippen molar-refractivity contribution in [3.63, 3.8) is 0 Å². The molecule has 3 aromatic carbocycles. The number of anilines is 1. The van der Waals surface area contributed by atoms with Crippen molar-refractivity contribution in [2.75, 3.05) is 19.6 Å². The van der Waals surface area contributed by atoms with Crippen molar-refractivity contribution in [2.45, 2.75) is 0 Å². The first kappa shape index (κ1) is 26.4. The monoisotopic (exact) mass is 528 g/mol. The SMILES string of the molecule is COc1cc(/C=N\Nc2cc(=O)n(-c3ccccc3)nc2C(=O)N/N=C/c2ccc(O)c(OC)c2)ccc1O. The van der Waals surface area contributed by atoms with E-state index in [1.165, 1.54) is 44.8 Å². The van der Waals surface area contributed by atoms with Gasteiger partial charge in [0, 0.05) is 6.07 Å². The van der Waals surface area contributed by atoms with Gasteiger partial charge in [-0.3, -0.25) is 15.0 Å². The number of benzene rings is 3. The normalized spacial score (nSPS) is 11.0.